The Labute approximate surface area is 119 Å². The van der Waals surface area contributed by atoms with Crippen LogP contribution in [0.25, 0.3) is 0 Å². The van der Waals surface area contributed by atoms with Crippen molar-refractivity contribution < 1.29 is 9.53 Å². The molecule has 0 aliphatic carbocycles. The molecule has 0 atom stereocenters. The van der Waals surface area contributed by atoms with Crippen molar-refractivity contribution >= 4 is 17.2 Å². The molecule has 1 aromatic heterocycles. The van der Waals surface area contributed by atoms with Crippen LogP contribution in [-0.2, 0) is 16.1 Å². The number of carbonyl (C=O) groups excluding carboxylic acids is 1. The van der Waals surface area contributed by atoms with Gasteiger partial charge in [0, 0.05) is 32.1 Å². The lowest BCUT2D eigenvalue weighted by atomic mass is 10.1. The molecule has 0 saturated carbocycles. The van der Waals surface area contributed by atoms with Crippen LogP contribution < -0.4 is 0 Å². The molecule has 2 heterocycles. The van der Waals surface area contributed by atoms with E-state index in [0.717, 1.165) is 25.9 Å². The van der Waals surface area contributed by atoms with Crippen LogP contribution in [0, 0.1) is 0 Å². The van der Waals surface area contributed by atoms with Crippen LogP contribution in [-0.4, -0.2) is 55.6 Å². The van der Waals surface area contributed by atoms with Gasteiger partial charge >= 0.3 is 0 Å². The van der Waals surface area contributed by atoms with Crippen LogP contribution in [0.5, 0.6) is 0 Å². The topological polar surface area (TPSA) is 32.8 Å². The van der Waals surface area contributed by atoms with Crippen molar-refractivity contribution in [2.24, 2.45) is 0 Å². The zero-order chi connectivity index (χ0) is 13.7. The summed E-state index contributed by atoms with van der Waals surface area (Å²) in [5, 5.41) is 2.04. The zero-order valence-corrected chi connectivity index (χ0v) is 12.5. The van der Waals surface area contributed by atoms with Gasteiger partial charge in [0.15, 0.2) is 0 Å². The minimum absolute atomic E-state index is 0.198. The monoisotopic (exact) mass is 282 g/mol. The highest BCUT2D eigenvalue weighted by atomic mass is 32.1. The summed E-state index contributed by atoms with van der Waals surface area (Å²) < 4.78 is 5.34. The summed E-state index contributed by atoms with van der Waals surface area (Å²) in [6, 6.07) is 4.09. The Hall–Kier alpha value is -0.910. The predicted octanol–water partition coefficient (Wildman–Crippen LogP) is 1.82. The molecule has 2 rings (SSSR count). The minimum atomic E-state index is 0.198. The Balaban J connectivity index is 1.74. The standard InChI is InChI=1S/C14H22N2O2S/c1-15(10-13-4-3-9-19-13)14(17)11-16-7-5-12(18-2)6-8-16/h3-4,9,12H,5-8,10-11H2,1-2H3. The molecule has 4 nitrogen and oxygen atoms in total. The number of likely N-dealkylation sites (N-methyl/N-ethyl adjacent to an activating group) is 1. The minimum Gasteiger partial charge on any atom is -0.381 e. The van der Waals surface area contributed by atoms with E-state index in [2.05, 4.69) is 11.0 Å². The molecule has 0 bridgehead atoms. The van der Waals surface area contributed by atoms with Gasteiger partial charge in [-0.1, -0.05) is 6.07 Å². The second-order valence-corrected chi connectivity index (χ2v) is 6.07. The number of hydrogen-bond acceptors (Lipinski definition) is 4. The average molecular weight is 282 g/mol. The second-order valence-electron chi connectivity index (χ2n) is 5.04. The smallest absolute Gasteiger partial charge is 0.236 e. The van der Waals surface area contributed by atoms with Crippen LogP contribution in [0.4, 0.5) is 0 Å². The number of rotatable bonds is 5. The quantitative estimate of drug-likeness (QED) is 0.826. The van der Waals surface area contributed by atoms with Crippen molar-refractivity contribution in [1.29, 1.82) is 0 Å². The van der Waals surface area contributed by atoms with Crippen LogP contribution >= 0.6 is 11.3 Å². The van der Waals surface area contributed by atoms with Crippen molar-refractivity contribution in [2.45, 2.75) is 25.5 Å². The molecule has 1 aliphatic rings. The Morgan fingerprint density at radius 1 is 1.53 bits per heavy atom. The Morgan fingerprint density at radius 2 is 2.26 bits per heavy atom. The number of nitrogens with zero attached hydrogens (tertiary/aromatic N) is 2. The Morgan fingerprint density at radius 3 is 2.84 bits per heavy atom. The molecule has 5 heteroatoms. The SMILES string of the molecule is COC1CCN(CC(=O)N(C)Cc2cccs2)CC1. The van der Waals surface area contributed by atoms with E-state index in [9.17, 15) is 4.79 Å². The molecule has 0 unspecified atom stereocenters. The van der Waals surface area contributed by atoms with Gasteiger partial charge in [-0.05, 0) is 24.3 Å². The highest BCUT2D eigenvalue weighted by Crippen LogP contribution is 2.14. The van der Waals surface area contributed by atoms with Gasteiger partial charge in [-0.3, -0.25) is 9.69 Å². The van der Waals surface area contributed by atoms with Gasteiger partial charge in [-0.2, -0.15) is 0 Å². The van der Waals surface area contributed by atoms with Gasteiger partial charge in [-0.25, -0.2) is 0 Å². The van der Waals surface area contributed by atoms with E-state index in [1.807, 2.05) is 23.4 Å². The molecule has 19 heavy (non-hydrogen) atoms. The first-order chi connectivity index (χ1) is 9.19. The van der Waals surface area contributed by atoms with Gasteiger partial charge in [0.2, 0.25) is 5.91 Å². The van der Waals surface area contributed by atoms with Gasteiger partial charge in [0.05, 0.1) is 19.2 Å². The molecule has 1 saturated heterocycles. The van der Waals surface area contributed by atoms with Gasteiger partial charge < -0.3 is 9.64 Å². The van der Waals surface area contributed by atoms with E-state index in [0.29, 0.717) is 19.2 Å². The fourth-order valence-corrected chi connectivity index (χ4v) is 3.10. The number of methoxy groups -OCH3 is 1. The molecule has 0 radical (unpaired) electrons. The van der Waals surface area contributed by atoms with Crippen molar-refractivity contribution in [3.8, 4) is 0 Å². The third kappa shape index (κ3) is 4.30. The summed E-state index contributed by atoms with van der Waals surface area (Å²) in [6.07, 6.45) is 2.42. The fourth-order valence-electron chi connectivity index (χ4n) is 2.34. The van der Waals surface area contributed by atoms with Crippen LogP contribution in [0.2, 0.25) is 0 Å². The highest BCUT2D eigenvalue weighted by Gasteiger charge is 2.21. The van der Waals surface area contributed by atoms with E-state index in [1.54, 1.807) is 18.4 Å². The second kappa shape index (κ2) is 7.03. The van der Waals surface area contributed by atoms with E-state index in [1.165, 1.54) is 4.88 Å². The predicted molar refractivity (Wildman–Crippen MR) is 77.3 cm³/mol. The first-order valence-electron chi connectivity index (χ1n) is 6.70. The van der Waals surface area contributed by atoms with E-state index >= 15 is 0 Å². The molecule has 0 aromatic carbocycles. The number of amides is 1. The molecule has 1 amide bonds. The number of thiophene rings is 1. The Bertz CT molecular complexity index is 386. The summed E-state index contributed by atoms with van der Waals surface area (Å²) in [5.74, 6) is 0.198. The van der Waals surface area contributed by atoms with Crippen molar-refractivity contribution in [3.05, 3.63) is 22.4 Å². The molecule has 1 fully saturated rings. The highest BCUT2D eigenvalue weighted by molar-refractivity contribution is 7.09. The van der Waals surface area contributed by atoms with Crippen LogP contribution in [0.15, 0.2) is 17.5 Å². The lowest BCUT2D eigenvalue weighted by Gasteiger charge is -2.31. The normalized spacial score (nSPS) is 17.6. The Kier molecular flexibility index (Phi) is 5.36. The summed E-state index contributed by atoms with van der Waals surface area (Å²) in [5.41, 5.74) is 0. The maximum absolute atomic E-state index is 12.1. The third-order valence-corrected chi connectivity index (χ3v) is 4.49. The van der Waals surface area contributed by atoms with Gasteiger partial charge in [0.1, 0.15) is 0 Å². The number of hydrogen-bond donors (Lipinski definition) is 0. The molecule has 1 aromatic rings. The maximum Gasteiger partial charge on any atom is 0.236 e. The zero-order valence-electron chi connectivity index (χ0n) is 11.7. The van der Waals surface area contributed by atoms with Crippen molar-refractivity contribution in [3.63, 3.8) is 0 Å². The molecular formula is C14H22N2O2S. The number of likely N-dealkylation sites (tertiary alicyclic amines) is 1. The first kappa shape index (κ1) is 14.5. The lowest BCUT2D eigenvalue weighted by molar-refractivity contribution is -0.132. The lowest BCUT2D eigenvalue weighted by Crippen LogP contribution is -2.43. The number of carbonyl (C=O) groups is 1. The van der Waals surface area contributed by atoms with Crippen molar-refractivity contribution in [1.82, 2.24) is 9.80 Å². The first-order valence-corrected chi connectivity index (χ1v) is 7.58. The van der Waals surface area contributed by atoms with Crippen LogP contribution in [0.1, 0.15) is 17.7 Å². The molecular weight excluding hydrogens is 260 g/mol. The van der Waals surface area contributed by atoms with Crippen LogP contribution in [0.3, 0.4) is 0 Å². The molecule has 0 spiro atoms. The average Bonchev–Trinajstić information content (AvgIpc) is 2.92. The summed E-state index contributed by atoms with van der Waals surface area (Å²) in [4.78, 5) is 17.4. The third-order valence-electron chi connectivity index (χ3n) is 3.63. The number of piperidine rings is 1. The fraction of sp³-hybridized carbons (Fsp3) is 0.643. The largest absolute Gasteiger partial charge is 0.381 e. The van der Waals surface area contributed by atoms with Gasteiger partial charge in [0.25, 0.3) is 0 Å². The molecule has 106 valence electrons. The molecule has 1 aliphatic heterocycles. The van der Waals surface area contributed by atoms with Gasteiger partial charge in [-0.15, -0.1) is 11.3 Å². The molecule has 0 N–H and O–H groups in total. The summed E-state index contributed by atoms with van der Waals surface area (Å²) in [6.45, 7) is 3.15. The van der Waals surface area contributed by atoms with E-state index < -0.39 is 0 Å². The summed E-state index contributed by atoms with van der Waals surface area (Å²) >= 11 is 1.69. The van der Waals surface area contributed by atoms with Crippen molar-refractivity contribution in [2.75, 3.05) is 33.8 Å². The van der Waals surface area contributed by atoms with E-state index in [-0.39, 0.29) is 5.91 Å². The number of ether oxygens (including phenoxy) is 1. The maximum atomic E-state index is 12.1. The van der Waals surface area contributed by atoms with E-state index in [4.69, 9.17) is 4.74 Å². The summed E-state index contributed by atoms with van der Waals surface area (Å²) in [7, 11) is 3.64.